The smallest absolute Gasteiger partial charge is 0.250 e. The maximum Gasteiger partial charge on any atom is 0.250 e. The van der Waals surface area contributed by atoms with Gasteiger partial charge in [-0.05, 0) is 55.7 Å². The Morgan fingerprint density at radius 2 is 1.91 bits per heavy atom. The molecular formula is C26H23ClN4O2. The van der Waals surface area contributed by atoms with Crippen molar-refractivity contribution in [3.8, 4) is 11.6 Å². The average molecular weight is 459 g/mol. The normalized spacial score (nSPS) is 15.5. The molecule has 166 valence electrons. The fourth-order valence-corrected chi connectivity index (χ4v) is 4.18. The van der Waals surface area contributed by atoms with E-state index in [1.54, 1.807) is 12.1 Å². The Bertz CT molecular complexity index is 1360. The Balaban J connectivity index is 1.50. The second-order valence-electron chi connectivity index (χ2n) is 8.17. The van der Waals surface area contributed by atoms with Crippen LogP contribution in [0.15, 0.2) is 71.9 Å². The topological polar surface area (TPSA) is 68.6 Å². The molecule has 1 atom stereocenters. The van der Waals surface area contributed by atoms with E-state index in [4.69, 9.17) is 21.2 Å². The number of nitrogens with zero attached hydrogens (tertiary/aromatic N) is 3. The number of hydrogen-bond donors (Lipinski definition) is 1. The molecule has 1 N–H and O–H groups in total. The molecule has 1 aliphatic heterocycles. The van der Waals surface area contributed by atoms with Crippen LogP contribution in [0.25, 0.3) is 10.9 Å². The van der Waals surface area contributed by atoms with Gasteiger partial charge in [0.2, 0.25) is 0 Å². The van der Waals surface area contributed by atoms with Crippen molar-refractivity contribution in [2.75, 3.05) is 6.61 Å². The summed E-state index contributed by atoms with van der Waals surface area (Å²) in [6.07, 6.45) is 0.812. The number of hydrogen-bond acceptors (Lipinski definition) is 6. The lowest BCUT2D eigenvalue weighted by Gasteiger charge is -2.26. The van der Waals surface area contributed by atoms with Crippen LogP contribution in [0.1, 0.15) is 22.3 Å². The third kappa shape index (κ3) is 4.61. The third-order valence-corrected chi connectivity index (χ3v) is 5.86. The Hall–Kier alpha value is -3.64. The van der Waals surface area contributed by atoms with Gasteiger partial charge in [-0.3, -0.25) is 0 Å². The van der Waals surface area contributed by atoms with Crippen LogP contribution in [-0.4, -0.2) is 28.7 Å². The summed E-state index contributed by atoms with van der Waals surface area (Å²) in [6.45, 7) is 4.71. The lowest BCUT2D eigenvalue weighted by molar-refractivity contribution is 0.109. The first-order chi connectivity index (χ1) is 16.1. The molecule has 0 saturated heterocycles. The first kappa shape index (κ1) is 21.2. The first-order valence-electron chi connectivity index (χ1n) is 10.8. The highest BCUT2D eigenvalue weighted by atomic mass is 35.5. The Morgan fingerprint density at radius 1 is 1.03 bits per heavy atom. The van der Waals surface area contributed by atoms with Crippen molar-refractivity contribution in [1.82, 2.24) is 15.5 Å². The molecule has 0 saturated carbocycles. The van der Waals surface area contributed by atoms with Gasteiger partial charge in [0.25, 0.3) is 5.88 Å². The van der Waals surface area contributed by atoms with E-state index in [0.29, 0.717) is 34.7 Å². The summed E-state index contributed by atoms with van der Waals surface area (Å²) in [6, 6.07) is 21.5. The zero-order chi connectivity index (χ0) is 22.8. The first-order valence-corrected chi connectivity index (χ1v) is 11.2. The maximum absolute atomic E-state index is 6.14. The SMILES string of the molecule is Cc1ccc(CC2CON=C(c3c(Oc4cccc(Cl)c4)nnc4ccccc34)N2)c(C)c1. The van der Waals surface area contributed by atoms with E-state index in [2.05, 4.69) is 52.7 Å². The number of rotatable bonds is 5. The van der Waals surface area contributed by atoms with E-state index in [1.165, 1.54) is 16.7 Å². The van der Waals surface area contributed by atoms with Gasteiger partial charge >= 0.3 is 0 Å². The van der Waals surface area contributed by atoms with Gasteiger partial charge in [-0.25, -0.2) is 0 Å². The summed E-state index contributed by atoms with van der Waals surface area (Å²) in [7, 11) is 0. The minimum absolute atomic E-state index is 0.0462. The Kier molecular flexibility index (Phi) is 5.84. The molecular weight excluding hydrogens is 436 g/mol. The minimum Gasteiger partial charge on any atom is -0.437 e. The van der Waals surface area contributed by atoms with Crippen molar-refractivity contribution in [3.63, 3.8) is 0 Å². The summed E-state index contributed by atoms with van der Waals surface area (Å²) >= 11 is 6.14. The summed E-state index contributed by atoms with van der Waals surface area (Å²) in [5, 5.41) is 18.0. The zero-order valence-corrected chi connectivity index (χ0v) is 19.1. The molecule has 0 radical (unpaired) electrons. The van der Waals surface area contributed by atoms with Gasteiger partial charge in [0.05, 0.1) is 17.1 Å². The largest absolute Gasteiger partial charge is 0.437 e. The molecule has 6 nitrogen and oxygen atoms in total. The van der Waals surface area contributed by atoms with Crippen molar-refractivity contribution in [2.24, 2.45) is 5.16 Å². The van der Waals surface area contributed by atoms with Gasteiger partial charge in [-0.1, -0.05) is 64.8 Å². The van der Waals surface area contributed by atoms with Crippen LogP contribution < -0.4 is 10.1 Å². The maximum atomic E-state index is 6.14. The monoisotopic (exact) mass is 458 g/mol. The van der Waals surface area contributed by atoms with E-state index in [0.717, 1.165) is 17.3 Å². The fourth-order valence-electron chi connectivity index (χ4n) is 4.00. The van der Waals surface area contributed by atoms with Crippen LogP contribution in [-0.2, 0) is 11.3 Å². The molecule has 2 heterocycles. The van der Waals surface area contributed by atoms with E-state index in [-0.39, 0.29) is 6.04 Å². The number of fused-ring (bicyclic) bond motifs is 1. The minimum atomic E-state index is 0.0462. The number of ether oxygens (including phenoxy) is 1. The van der Waals surface area contributed by atoms with Gasteiger partial charge in [0.1, 0.15) is 12.4 Å². The number of nitrogens with one attached hydrogen (secondary N) is 1. The Labute approximate surface area is 197 Å². The van der Waals surface area contributed by atoms with E-state index in [1.807, 2.05) is 36.4 Å². The van der Waals surface area contributed by atoms with Crippen LogP contribution in [0.2, 0.25) is 5.02 Å². The number of halogens is 1. The molecule has 5 rings (SSSR count). The number of oxime groups is 1. The molecule has 4 aromatic rings. The van der Waals surface area contributed by atoms with Crippen LogP contribution >= 0.6 is 11.6 Å². The van der Waals surface area contributed by atoms with Crippen LogP contribution in [0.4, 0.5) is 0 Å². The second-order valence-corrected chi connectivity index (χ2v) is 8.60. The molecule has 33 heavy (non-hydrogen) atoms. The van der Waals surface area contributed by atoms with Gasteiger partial charge in [0.15, 0.2) is 5.84 Å². The lowest BCUT2D eigenvalue weighted by Crippen LogP contribution is -2.43. The van der Waals surface area contributed by atoms with Crippen LogP contribution in [0.5, 0.6) is 11.6 Å². The predicted molar refractivity (Wildman–Crippen MR) is 130 cm³/mol. The number of aromatic nitrogens is 2. The van der Waals surface area contributed by atoms with Crippen LogP contribution in [0.3, 0.4) is 0 Å². The molecule has 0 fully saturated rings. The summed E-state index contributed by atoms with van der Waals surface area (Å²) in [4.78, 5) is 5.66. The Morgan fingerprint density at radius 3 is 2.76 bits per heavy atom. The van der Waals surface area contributed by atoms with Crippen molar-refractivity contribution >= 4 is 28.3 Å². The molecule has 0 spiro atoms. The summed E-state index contributed by atoms with van der Waals surface area (Å²) in [5.74, 6) is 1.47. The van der Waals surface area contributed by atoms with Crippen LogP contribution in [0, 0.1) is 13.8 Å². The van der Waals surface area contributed by atoms with Crippen molar-refractivity contribution < 1.29 is 9.57 Å². The molecule has 1 aliphatic rings. The van der Waals surface area contributed by atoms with Crippen molar-refractivity contribution in [2.45, 2.75) is 26.3 Å². The van der Waals surface area contributed by atoms with E-state index < -0.39 is 0 Å². The number of benzene rings is 3. The van der Waals surface area contributed by atoms with Gasteiger partial charge in [0, 0.05) is 10.4 Å². The number of amidine groups is 1. The fraction of sp³-hybridized carbons (Fsp3) is 0.192. The lowest BCUT2D eigenvalue weighted by atomic mass is 9.99. The predicted octanol–water partition coefficient (Wildman–Crippen LogP) is 5.59. The second kappa shape index (κ2) is 9.08. The molecule has 7 heteroatoms. The average Bonchev–Trinajstić information content (AvgIpc) is 2.81. The highest BCUT2D eigenvalue weighted by molar-refractivity contribution is 6.30. The van der Waals surface area contributed by atoms with Gasteiger partial charge in [-0.15, -0.1) is 10.2 Å². The molecule has 1 aromatic heterocycles. The quantitative estimate of drug-likeness (QED) is 0.422. The van der Waals surface area contributed by atoms with Crippen molar-refractivity contribution in [1.29, 1.82) is 0 Å². The standard InChI is InChI=1S/C26H23ClN4O2/c1-16-10-11-18(17(2)12-16)13-20-15-32-31-25(28-20)24-22-8-3-4-9-23(22)29-30-26(24)33-21-7-5-6-19(27)14-21/h3-12,14,20H,13,15H2,1-2H3,(H,28,31). The highest BCUT2D eigenvalue weighted by Crippen LogP contribution is 2.30. The summed E-state index contributed by atoms with van der Waals surface area (Å²) < 4.78 is 6.10. The van der Waals surface area contributed by atoms with Gasteiger partial charge < -0.3 is 14.9 Å². The summed E-state index contributed by atoms with van der Waals surface area (Å²) in [5.41, 5.74) is 5.24. The zero-order valence-electron chi connectivity index (χ0n) is 18.4. The van der Waals surface area contributed by atoms with Gasteiger partial charge in [-0.2, -0.15) is 0 Å². The molecule has 0 aliphatic carbocycles. The molecule has 0 amide bonds. The van der Waals surface area contributed by atoms with Crippen molar-refractivity contribution in [3.05, 3.63) is 94.0 Å². The highest BCUT2D eigenvalue weighted by Gasteiger charge is 2.25. The third-order valence-electron chi connectivity index (χ3n) is 5.62. The number of aryl methyl sites for hydroxylation is 2. The molecule has 0 bridgehead atoms. The van der Waals surface area contributed by atoms with E-state index >= 15 is 0 Å². The molecule has 1 unspecified atom stereocenters. The van der Waals surface area contributed by atoms with E-state index in [9.17, 15) is 0 Å². The molecule has 3 aromatic carbocycles.